The molecule has 0 radical (unpaired) electrons. The van der Waals surface area contributed by atoms with E-state index in [9.17, 15) is 8.42 Å². The first-order valence-corrected chi connectivity index (χ1v) is 9.84. The highest BCUT2D eigenvalue weighted by Gasteiger charge is 2.17. The fraction of sp³-hybridized carbons (Fsp3) is 0.211. The highest BCUT2D eigenvalue weighted by Crippen LogP contribution is 2.28. The zero-order chi connectivity index (χ0) is 19.3. The number of nitrogens with one attached hydrogen (secondary N) is 1. The number of para-hydroxylation sites is 2. The summed E-state index contributed by atoms with van der Waals surface area (Å²) in [7, 11) is -2.21. The first-order valence-electron chi connectivity index (χ1n) is 8.36. The van der Waals surface area contributed by atoms with Crippen LogP contribution in [-0.4, -0.2) is 31.9 Å². The topological polar surface area (TPSA) is 82.5 Å². The standard InChI is InChI=1S/C19H21N3O4S/c1-15-14-16(8-9-18(15)25-2)27(23,24)21-17-6-3-4-7-19(17)26-13-12-22-11-5-10-20-22/h3-11,14,21H,12-13H2,1-2H3. The van der Waals surface area contributed by atoms with Gasteiger partial charge in [-0.05, 0) is 48.9 Å². The number of ether oxygens (including phenoxy) is 2. The molecule has 8 heteroatoms. The highest BCUT2D eigenvalue weighted by molar-refractivity contribution is 7.92. The van der Waals surface area contributed by atoms with Crippen molar-refractivity contribution in [2.24, 2.45) is 0 Å². The smallest absolute Gasteiger partial charge is 0.262 e. The largest absolute Gasteiger partial charge is 0.496 e. The maximum atomic E-state index is 12.7. The van der Waals surface area contributed by atoms with Gasteiger partial charge in [0, 0.05) is 12.4 Å². The van der Waals surface area contributed by atoms with Crippen LogP contribution >= 0.6 is 0 Å². The molecule has 0 saturated heterocycles. The van der Waals surface area contributed by atoms with Crippen LogP contribution in [0.1, 0.15) is 5.56 Å². The Hall–Kier alpha value is -3.00. The van der Waals surface area contributed by atoms with Crippen LogP contribution < -0.4 is 14.2 Å². The molecule has 0 aliphatic carbocycles. The van der Waals surface area contributed by atoms with Gasteiger partial charge in [0.2, 0.25) is 0 Å². The molecule has 0 bridgehead atoms. The lowest BCUT2D eigenvalue weighted by Gasteiger charge is -2.14. The minimum Gasteiger partial charge on any atom is -0.496 e. The van der Waals surface area contributed by atoms with Gasteiger partial charge < -0.3 is 9.47 Å². The van der Waals surface area contributed by atoms with Crippen LogP contribution in [0.25, 0.3) is 0 Å². The molecule has 27 heavy (non-hydrogen) atoms. The zero-order valence-corrected chi connectivity index (χ0v) is 15.9. The number of hydrogen-bond donors (Lipinski definition) is 1. The third kappa shape index (κ3) is 4.59. The van der Waals surface area contributed by atoms with Crippen LogP contribution in [0.2, 0.25) is 0 Å². The van der Waals surface area contributed by atoms with Gasteiger partial charge in [0.05, 0.1) is 24.2 Å². The van der Waals surface area contributed by atoms with E-state index in [1.165, 1.54) is 6.07 Å². The molecule has 0 aliphatic rings. The van der Waals surface area contributed by atoms with E-state index in [0.29, 0.717) is 30.3 Å². The summed E-state index contributed by atoms with van der Waals surface area (Å²) in [5.74, 6) is 1.09. The number of methoxy groups -OCH3 is 1. The molecule has 142 valence electrons. The summed E-state index contributed by atoms with van der Waals surface area (Å²) in [5.41, 5.74) is 1.12. The summed E-state index contributed by atoms with van der Waals surface area (Å²) in [5, 5.41) is 4.11. The Balaban J connectivity index is 1.75. The van der Waals surface area contributed by atoms with Crippen molar-refractivity contribution in [3.63, 3.8) is 0 Å². The molecule has 0 atom stereocenters. The number of aryl methyl sites for hydroxylation is 1. The molecule has 0 saturated carbocycles. The molecule has 1 aromatic heterocycles. The zero-order valence-electron chi connectivity index (χ0n) is 15.1. The predicted octanol–water partition coefficient (Wildman–Crippen LogP) is 3.08. The fourth-order valence-electron chi connectivity index (χ4n) is 2.58. The molecular weight excluding hydrogens is 366 g/mol. The summed E-state index contributed by atoms with van der Waals surface area (Å²) in [4.78, 5) is 0.159. The highest BCUT2D eigenvalue weighted by atomic mass is 32.2. The minimum atomic E-state index is -3.75. The van der Waals surface area contributed by atoms with Gasteiger partial charge in [-0.3, -0.25) is 9.40 Å². The molecule has 7 nitrogen and oxygen atoms in total. The van der Waals surface area contributed by atoms with Gasteiger partial charge in [0.15, 0.2) is 0 Å². The molecule has 3 rings (SSSR count). The van der Waals surface area contributed by atoms with Crippen LogP contribution in [0.3, 0.4) is 0 Å². The molecule has 0 fully saturated rings. The van der Waals surface area contributed by atoms with Crippen molar-refractivity contribution in [2.45, 2.75) is 18.4 Å². The van der Waals surface area contributed by atoms with E-state index < -0.39 is 10.0 Å². The maximum Gasteiger partial charge on any atom is 0.262 e. The van der Waals surface area contributed by atoms with Crippen molar-refractivity contribution >= 4 is 15.7 Å². The van der Waals surface area contributed by atoms with E-state index in [0.717, 1.165) is 5.56 Å². The van der Waals surface area contributed by atoms with Gasteiger partial charge in [-0.1, -0.05) is 12.1 Å². The lowest BCUT2D eigenvalue weighted by molar-refractivity contribution is 0.292. The Bertz CT molecular complexity index is 1000. The second-order valence-electron chi connectivity index (χ2n) is 5.85. The lowest BCUT2D eigenvalue weighted by atomic mass is 10.2. The third-order valence-electron chi connectivity index (χ3n) is 3.95. The van der Waals surface area contributed by atoms with Crippen molar-refractivity contribution in [3.05, 3.63) is 66.5 Å². The second kappa shape index (κ2) is 8.13. The van der Waals surface area contributed by atoms with Crippen molar-refractivity contribution < 1.29 is 17.9 Å². The molecular formula is C19H21N3O4S. The average Bonchev–Trinajstić information content (AvgIpc) is 3.16. The summed E-state index contributed by atoms with van der Waals surface area (Å²) in [6.45, 7) is 2.72. The van der Waals surface area contributed by atoms with E-state index in [4.69, 9.17) is 9.47 Å². The van der Waals surface area contributed by atoms with Crippen LogP contribution in [-0.2, 0) is 16.6 Å². The van der Waals surface area contributed by atoms with Gasteiger partial charge >= 0.3 is 0 Å². The number of anilines is 1. The van der Waals surface area contributed by atoms with Gasteiger partial charge in [0.1, 0.15) is 18.1 Å². The SMILES string of the molecule is COc1ccc(S(=O)(=O)Nc2ccccc2OCCn2cccn2)cc1C. The summed E-state index contributed by atoms with van der Waals surface area (Å²) in [6.07, 6.45) is 3.53. The molecule has 1 heterocycles. The monoisotopic (exact) mass is 387 g/mol. The predicted molar refractivity (Wildman–Crippen MR) is 103 cm³/mol. The Morgan fingerprint density at radius 2 is 1.93 bits per heavy atom. The summed E-state index contributed by atoms with van der Waals surface area (Å²) in [6, 6.07) is 13.5. The van der Waals surface area contributed by atoms with E-state index in [-0.39, 0.29) is 4.90 Å². The minimum absolute atomic E-state index is 0.159. The number of benzene rings is 2. The number of aromatic nitrogens is 2. The normalized spacial score (nSPS) is 11.2. The first kappa shape index (κ1) is 18.8. The Morgan fingerprint density at radius 1 is 1.11 bits per heavy atom. The van der Waals surface area contributed by atoms with E-state index >= 15 is 0 Å². The Labute approximate surface area is 158 Å². The van der Waals surface area contributed by atoms with Crippen LogP contribution in [0.5, 0.6) is 11.5 Å². The van der Waals surface area contributed by atoms with Crippen LogP contribution in [0.4, 0.5) is 5.69 Å². The van der Waals surface area contributed by atoms with Crippen LogP contribution in [0.15, 0.2) is 65.8 Å². The molecule has 0 amide bonds. The van der Waals surface area contributed by atoms with Crippen molar-refractivity contribution in [1.82, 2.24) is 9.78 Å². The third-order valence-corrected chi connectivity index (χ3v) is 5.31. The van der Waals surface area contributed by atoms with Gasteiger partial charge in [0.25, 0.3) is 10.0 Å². The van der Waals surface area contributed by atoms with E-state index in [1.54, 1.807) is 61.3 Å². The van der Waals surface area contributed by atoms with Crippen molar-refractivity contribution in [1.29, 1.82) is 0 Å². The molecule has 1 N–H and O–H groups in total. The van der Waals surface area contributed by atoms with Crippen molar-refractivity contribution in [2.75, 3.05) is 18.4 Å². The molecule has 0 spiro atoms. The molecule has 3 aromatic rings. The number of nitrogens with zero attached hydrogens (tertiary/aromatic N) is 2. The average molecular weight is 387 g/mol. The van der Waals surface area contributed by atoms with Gasteiger partial charge in [-0.2, -0.15) is 5.10 Å². The summed E-state index contributed by atoms with van der Waals surface area (Å²) >= 11 is 0. The molecule has 2 aromatic carbocycles. The van der Waals surface area contributed by atoms with E-state index in [2.05, 4.69) is 9.82 Å². The van der Waals surface area contributed by atoms with Crippen LogP contribution in [0, 0.1) is 6.92 Å². The summed E-state index contributed by atoms with van der Waals surface area (Å²) < 4.78 is 40.8. The maximum absolute atomic E-state index is 12.7. The first-order chi connectivity index (χ1) is 13.0. The van der Waals surface area contributed by atoms with Gasteiger partial charge in [-0.25, -0.2) is 8.42 Å². The fourth-order valence-corrected chi connectivity index (χ4v) is 3.74. The van der Waals surface area contributed by atoms with E-state index in [1.807, 2.05) is 12.3 Å². The number of rotatable bonds is 8. The lowest BCUT2D eigenvalue weighted by Crippen LogP contribution is -2.15. The van der Waals surface area contributed by atoms with Crippen molar-refractivity contribution in [3.8, 4) is 11.5 Å². The van der Waals surface area contributed by atoms with Gasteiger partial charge in [-0.15, -0.1) is 0 Å². The second-order valence-corrected chi connectivity index (χ2v) is 7.53. The molecule has 0 unspecified atom stereocenters. The Kier molecular flexibility index (Phi) is 5.66. The number of hydrogen-bond acceptors (Lipinski definition) is 5. The molecule has 0 aliphatic heterocycles. The Morgan fingerprint density at radius 3 is 2.63 bits per heavy atom. The number of sulfonamides is 1. The quantitative estimate of drug-likeness (QED) is 0.642.